The molecule has 128 valence electrons. The number of benzene rings is 1. The Balaban J connectivity index is 1.69. The van der Waals surface area contributed by atoms with Crippen LogP contribution in [0.4, 0.5) is 0 Å². The molecular formula is C19H32N4. The zero-order valence-corrected chi connectivity index (χ0v) is 14.9. The molecule has 2 atom stereocenters. The van der Waals surface area contributed by atoms with Gasteiger partial charge in [-0.1, -0.05) is 36.8 Å². The molecular weight excluding hydrogens is 284 g/mol. The molecule has 0 bridgehead atoms. The van der Waals surface area contributed by atoms with Gasteiger partial charge in [0.15, 0.2) is 5.96 Å². The van der Waals surface area contributed by atoms with Crippen LogP contribution in [0, 0.1) is 0 Å². The van der Waals surface area contributed by atoms with Gasteiger partial charge in [0.1, 0.15) is 0 Å². The number of rotatable bonds is 6. The van der Waals surface area contributed by atoms with Crippen molar-refractivity contribution >= 4 is 5.96 Å². The van der Waals surface area contributed by atoms with Crippen LogP contribution in [0.5, 0.6) is 0 Å². The second-order valence-electron chi connectivity index (χ2n) is 6.51. The molecule has 0 radical (unpaired) electrons. The molecule has 23 heavy (non-hydrogen) atoms. The number of guanidine groups is 1. The first kappa shape index (κ1) is 17.8. The summed E-state index contributed by atoms with van der Waals surface area (Å²) in [4.78, 5) is 6.95. The molecule has 0 amide bonds. The van der Waals surface area contributed by atoms with Crippen LogP contribution in [0.2, 0.25) is 0 Å². The topological polar surface area (TPSA) is 39.7 Å². The largest absolute Gasteiger partial charge is 0.356 e. The van der Waals surface area contributed by atoms with Gasteiger partial charge in [0, 0.05) is 26.2 Å². The van der Waals surface area contributed by atoms with Crippen molar-refractivity contribution < 1.29 is 0 Å². The average molecular weight is 316 g/mol. The van der Waals surface area contributed by atoms with Crippen molar-refractivity contribution in [2.45, 2.75) is 51.6 Å². The summed E-state index contributed by atoms with van der Waals surface area (Å²) < 4.78 is 0. The molecule has 2 rings (SSSR count). The van der Waals surface area contributed by atoms with Gasteiger partial charge in [0.2, 0.25) is 0 Å². The lowest BCUT2D eigenvalue weighted by molar-refractivity contribution is 0.159. The fourth-order valence-corrected chi connectivity index (χ4v) is 3.20. The van der Waals surface area contributed by atoms with Crippen molar-refractivity contribution in [1.29, 1.82) is 0 Å². The van der Waals surface area contributed by atoms with Gasteiger partial charge in [0.25, 0.3) is 0 Å². The lowest BCUT2D eigenvalue weighted by atomic mass is 10.0. The number of hydrogen-bond donors (Lipinski definition) is 2. The highest BCUT2D eigenvalue weighted by molar-refractivity contribution is 5.80. The monoisotopic (exact) mass is 316 g/mol. The van der Waals surface area contributed by atoms with E-state index < -0.39 is 0 Å². The first-order valence-electron chi connectivity index (χ1n) is 8.97. The van der Waals surface area contributed by atoms with Crippen LogP contribution in [-0.2, 0) is 0 Å². The molecule has 4 nitrogen and oxygen atoms in total. The maximum atomic E-state index is 4.33. The first-order chi connectivity index (χ1) is 11.2. The Bertz CT molecular complexity index is 472. The summed E-state index contributed by atoms with van der Waals surface area (Å²) >= 11 is 0. The maximum Gasteiger partial charge on any atom is 0.191 e. The van der Waals surface area contributed by atoms with Crippen molar-refractivity contribution in [3.8, 4) is 0 Å². The van der Waals surface area contributed by atoms with Crippen molar-refractivity contribution in [1.82, 2.24) is 15.5 Å². The predicted molar refractivity (Wildman–Crippen MR) is 98.9 cm³/mol. The van der Waals surface area contributed by atoms with Crippen LogP contribution in [0.3, 0.4) is 0 Å². The second-order valence-corrected chi connectivity index (χ2v) is 6.51. The summed E-state index contributed by atoms with van der Waals surface area (Å²) in [6, 6.07) is 11.5. The third-order valence-electron chi connectivity index (χ3n) is 4.73. The Labute approximate surface area is 141 Å². The van der Waals surface area contributed by atoms with E-state index in [9.17, 15) is 0 Å². The van der Waals surface area contributed by atoms with Crippen molar-refractivity contribution in [2.75, 3.05) is 26.7 Å². The van der Waals surface area contributed by atoms with Crippen LogP contribution in [0.1, 0.15) is 51.1 Å². The number of nitrogens with one attached hydrogen (secondary N) is 2. The van der Waals surface area contributed by atoms with Crippen LogP contribution >= 0.6 is 0 Å². The van der Waals surface area contributed by atoms with Crippen molar-refractivity contribution in [2.24, 2.45) is 4.99 Å². The number of hydrogen-bond acceptors (Lipinski definition) is 2. The summed E-state index contributed by atoms with van der Waals surface area (Å²) in [6.45, 7) is 7.93. The predicted octanol–water partition coefficient (Wildman–Crippen LogP) is 3.18. The molecule has 0 spiro atoms. The lowest BCUT2D eigenvalue weighted by Gasteiger charge is -2.33. The zero-order valence-electron chi connectivity index (χ0n) is 14.9. The number of aliphatic imine (C=N–C) groups is 1. The Morgan fingerprint density at radius 1 is 1.30 bits per heavy atom. The third-order valence-corrected chi connectivity index (χ3v) is 4.73. The molecule has 0 aromatic heterocycles. The number of piperidine rings is 1. The highest BCUT2D eigenvalue weighted by Gasteiger charge is 2.17. The summed E-state index contributed by atoms with van der Waals surface area (Å²) in [7, 11) is 1.83. The number of nitrogens with zero attached hydrogens (tertiary/aromatic N) is 2. The standard InChI is InChI=1S/C19H32N4/c1-16-10-7-8-14-23(16)15-9-13-21-19(20-3)22-17(2)18-11-5-4-6-12-18/h4-6,11-12,16-17H,7-10,13-15H2,1-3H3,(H2,20,21,22). The molecule has 0 aliphatic carbocycles. The summed E-state index contributed by atoms with van der Waals surface area (Å²) in [6.07, 6.45) is 5.26. The molecule has 1 aromatic carbocycles. The Morgan fingerprint density at radius 2 is 2.09 bits per heavy atom. The fourth-order valence-electron chi connectivity index (χ4n) is 3.20. The van der Waals surface area contributed by atoms with Crippen LogP contribution in [0.15, 0.2) is 35.3 Å². The van der Waals surface area contributed by atoms with E-state index in [0.29, 0.717) is 0 Å². The minimum atomic E-state index is 0.254. The molecule has 1 heterocycles. The van der Waals surface area contributed by atoms with Crippen LogP contribution in [0.25, 0.3) is 0 Å². The van der Waals surface area contributed by atoms with E-state index in [0.717, 1.165) is 25.0 Å². The Hall–Kier alpha value is -1.55. The fraction of sp³-hybridized carbons (Fsp3) is 0.632. The van der Waals surface area contributed by atoms with Crippen LogP contribution < -0.4 is 10.6 Å². The van der Waals surface area contributed by atoms with E-state index in [1.54, 1.807) is 0 Å². The number of likely N-dealkylation sites (tertiary alicyclic amines) is 1. The SMILES string of the molecule is CN=C(NCCCN1CCCCC1C)NC(C)c1ccccc1. The highest BCUT2D eigenvalue weighted by Crippen LogP contribution is 2.16. The smallest absolute Gasteiger partial charge is 0.191 e. The van der Waals surface area contributed by atoms with Crippen LogP contribution in [-0.4, -0.2) is 43.6 Å². The molecule has 1 aromatic rings. The molecule has 4 heteroatoms. The molecule has 1 fully saturated rings. The van der Waals surface area contributed by atoms with E-state index in [1.807, 2.05) is 13.1 Å². The zero-order chi connectivity index (χ0) is 16.5. The van der Waals surface area contributed by atoms with E-state index in [-0.39, 0.29) is 6.04 Å². The summed E-state index contributed by atoms with van der Waals surface area (Å²) in [5.74, 6) is 0.882. The molecule has 1 saturated heterocycles. The van der Waals surface area contributed by atoms with E-state index in [1.165, 1.54) is 37.9 Å². The van der Waals surface area contributed by atoms with E-state index in [4.69, 9.17) is 0 Å². The maximum absolute atomic E-state index is 4.33. The van der Waals surface area contributed by atoms with Gasteiger partial charge in [0.05, 0.1) is 6.04 Å². The average Bonchev–Trinajstić information content (AvgIpc) is 2.59. The third kappa shape index (κ3) is 5.87. The highest BCUT2D eigenvalue weighted by atomic mass is 15.2. The molecule has 1 aliphatic rings. The minimum absolute atomic E-state index is 0.254. The van der Waals surface area contributed by atoms with Gasteiger partial charge < -0.3 is 15.5 Å². The Kier molecular flexibility index (Phi) is 7.40. The van der Waals surface area contributed by atoms with Crippen molar-refractivity contribution in [3.05, 3.63) is 35.9 Å². The minimum Gasteiger partial charge on any atom is -0.356 e. The molecule has 2 N–H and O–H groups in total. The Morgan fingerprint density at radius 3 is 2.78 bits per heavy atom. The van der Waals surface area contributed by atoms with Gasteiger partial charge in [-0.15, -0.1) is 0 Å². The van der Waals surface area contributed by atoms with Gasteiger partial charge in [-0.3, -0.25) is 4.99 Å². The quantitative estimate of drug-likeness (QED) is 0.481. The van der Waals surface area contributed by atoms with Gasteiger partial charge in [-0.05, 0) is 45.2 Å². The van der Waals surface area contributed by atoms with Gasteiger partial charge in [-0.2, -0.15) is 0 Å². The summed E-state index contributed by atoms with van der Waals surface area (Å²) in [5, 5.41) is 6.89. The van der Waals surface area contributed by atoms with Crippen molar-refractivity contribution in [3.63, 3.8) is 0 Å². The molecule has 2 unspecified atom stereocenters. The van der Waals surface area contributed by atoms with E-state index in [2.05, 4.69) is 58.6 Å². The molecule has 0 saturated carbocycles. The van der Waals surface area contributed by atoms with Gasteiger partial charge >= 0.3 is 0 Å². The lowest BCUT2D eigenvalue weighted by Crippen LogP contribution is -2.41. The second kappa shape index (κ2) is 9.56. The van der Waals surface area contributed by atoms with E-state index >= 15 is 0 Å². The molecule has 1 aliphatic heterocycles. The summed E-state index contributed by atoms with van der Waals surface area (Å²) in [5.41, 5.74) is 1.28. The normalized spacial score (nSPS) is 21.0. The van der Waals surface area contributed by atoms with Gasteiger partial charge in [-0.25, -0.2) is 0 Å². The first-order valence-corrected chi connectivity index (χ1v) is 8.97.